The quantitative estimate of drug-likeness (QED) is 0.257. The summed E-state index contributed by atoms with van der Waals surface area (Å²) in [6, 6.07) is 20.3. The van der Waals surface area contributed by atoms with Crippen LogP contribution in [0.25, 0.3) is 0 Å². The number of anilines is 2. The van der Waals surface area contributed by atoms with Gasteiger partial charge < -0.3 is 15.0 Å². The zero-order valence-electron chi connectivity index (χ0n) is 23.9. The van der Waals surface area contributed by atoms with Crippen molar-refractivity contribution >= 4 is 27.1 Å². The van der Waals surface area contributed by atoms with E-state index in [2.05, 4.69) is 34.5 Å². The third kappa shape index (κ3) is 6.57. The average Bonchev–Trinajstić information content (AvgIpc) is 3.90. The zero-order valence-corrected chi connectivity index (χ0v) is 24.7. The number of carbonyl (C=O) groups is 1. The molecule has 0 radical (unpaired) electrons. The number of sulfone groups is 1. The summed E-state index contributed by atoms with van der Waals surface area (Å²) < 4.78 is 30.4. The number of nitrogens with zero attached hydrogens (tertiary/aromatic N) is 2. The summed E-state index contributed by atoms with van der Waals surface area (Å²) in [5, 5.41) is 12.4. The number of carbonyl (C=O) groups excluding carboxylic acids is 1. The van der Waals surface area contributed by atoms with Gasteiger partial charge in [0.2, 0.25) is 0 Å². The Bertz CT molecular complexity index is 1540. The van der Waals surface area contributed by atoms with Crippen LogP contribution in [-0.2, 0) is 9.84 Å². The fourth-order valence-corrected chi connectivity index (χ4v) is 6.04. The first kappa shape index (κ1) is 28.7. The summed E-state index contributed by atoms with van der Waals surface area (Å²) in [6.45, 7) is 3.96. The van der Waals surface area contributed by atoms with Crippen LogP contribution in [0.4, 0.5) is 11.4 Å². The van der Waals surface area contributed by atoms with Gasteiger partial charge in [-0.15, -0.1) is 0 Å². The third-order valence-corrected chi connectivity index (χ3v) is 9.70. The zero-order chi connectivity index (χ0) is 29.1. The summed E-state index contributed by atoms with van der Waals surface area (Å²) in [5.41, 5.74) is 5.90. The highest BCUT2D eigenvalue weighted by Gasteiger charge is 2.29. The molecule has 41 heavy (non-hydrogen) atoms. The van der Waals surface area contributed by atoms with Crippen molar-refractivity contribution in [1.82, 2.24) is 5.32 Å². The van der Waals surface area contributed by atoms with Crippen molar-refractivity contribution in [2.45, 2.75) is 68.7 Å². The number of hydrogen-bond acceptors (Lipinski definition) is 6. The van der Waals surface area contributed by atoms with Crippen LogP contribution in [0.5, 0.6) is 5.75 Å². The molecule has 1 amide bonds. The van der Waals surface area contributed by atoms with Gasteiger partial charge >= 0.3 is 0 Å². The molecule has 1 N–H and O–H groups in total. The van der Waals surface area contributed by atoms with Gasteiger partial charge in [-0.1, -0.05) is 25.1 Å². The van der Waals surface area contributed by atoms with E-state index in [1.165, 1.54) is 48.9 Å². The number of amides is 1. The van der Waals surface area contributed by atoms with Crippen molar-refractivity contribution in [1.29, 1.82) is 5.26 Å². The van der Waals surface area contributed by atoms with Crippen molar-refractivity contribution in [3.05, 3.63) is 82.9 Å². The normalized spacial score (nSPS) is 15.6. The molecule has 0 spiro atoms. The molecule has 3 aromatic rings. The summed E-state index contributed by atoms with van der Waals surface area (Å²) >= 11 is 0. The number of rotatable bonds is 12. The van der Waals surface area contributed by atoms with Crippen molar-refractivity contribution in [3.8, 4) is 11.8 Å². The Kier molecular flexibility index (Phi) is 8.37. The predicted molar refractivity (Wildman–Crippen MR) is 161 cm³/mol. The van der Waals surface area contributed by atoms with Gasteiger partial charge in [-0.05, 0) is 104 Å². The Morgan fingerprint density at radius 2 is 1.63 bits per heavy atom. The first-order valence-corrected chi connectivity index (χ1v) is 16.0. The molecule has 2 fully saturated rings. The topological polar surface area (TPSA) is 99.5 Å². The van der Waals surface area contributed by atoms with Crippen molar-refractivity contribution < 1.29 is 17.9 Å². The number of benzene rings is 3. The van der Waals surface area contributed by atoms with E-state index in [1.807, 2.05) is 20.0 Å². The lowest BCUT2D eigenvalue weighted by Crippen LogP contribution is -2.28. The predicted octanol–water partition coefficient (Wildman–Crippen LogP) is 6.79. The number of hydrogen-bond donors (Lipinski definition) is 1. The van der Waals surface area contributed by atoms with Gasteiger partial charge in [-0.3, -0.25) is 4.79 Å². The van der Waals surface area contributed by atoms with Crippen LogP contribution in [0.15, 0.2) is 65.6 Å². The lowest BCUT2D eigenvalue weighted by atomic mass is 10.0. The van der Waals surface area contributed by atoms with Crippen molar-refractivity contribution in [2.24, 2.45) is 0 Å². The maximum absolute atomic E-state index is 13.4. The molecule has 2 aliphatic carbocycles. The third-order valence-electron chi connectivity index (χ3n) is 7.95. The summed E-state index contributed by atoms with van der Waals surface area (Å²) in [5.74, 6) is 1.60. The molecule has 0 unspecified atom stereocenters. The van der Waals surface area contributed by atoms with Crippen molar-refractivity contribution in [2.75, 3.05) is 24.3 Å². The second-order valence-corrected chi connectivity index (χ2v) is 13.2. The van der Waals surface area contributed by atoms with Crippen LogP contribution in [0.2, 0.25) is 0 Å². The maximum Gasteiger partial charge on any atom is 0.251 e. The van der Waals surface area contributed by atoms with E-state index in [4.69, 9.17) is 4.74 Å². The molecular formula is C33H37N3O4S. The van der Waals surface area contributed by atoms with Gasteiger partial charge in [0.25, 0.3) is 5.91 Å². The number of ether oxygens (including phenoxy) is 1. The molecule has 0 aliphatic heterocycles. The number of nitriles is 1. The van der Waals surface area contributed by atoms with Gasteiger partial charge in [-0.2, -0.15) is 5.26 Å². The molecule has 0 bridgehead atoms. The molecule has 1 atom stereocenters. The van der Waals surface area contributed by atoms with Crippen LogP contribution in [0.3, 0.4) is 0 Å². The van der Waals surface area contributed by atoms with E-state index in [9.17, 15) is 18.5 Å². The maximum atomic E-state index is 13.4. The molecule has 2 saturated carbocycles. The SMILES string of the molecule is CCOc1cc(C(=O)N[C@@H](CC#N)c2ccc(S(=O)(=O)CC)cc2)ccc1N(C)c1cc(C2CC2)cc(C2CC2)c1. The van der Waals surface area contributed by atoms with Gasteiger partial charge in [0.15, 0.2) is 9.84 Å². The Morgan fingerprint density at radius 1 is 1.00 bits per heavy atom. The smallest absolute Gasteiger partial charge is 0.251 e. The fraction of sp³-hybridized carbons (Fsp3) is 0.394. The first-order valence-electron chi connectivity index (χ1n) is 14.4. The molecule has 7 nitrogen and oxygen atoms in total. The average molecular weight is 572 g/mol. The molecule has 8 heteroatoms. The molecule has 2 aliphatic rings. The lowest BCUT2D eigenvalue weighted by Gasteiger charge is -2.25. The van der Waals surface area contributed by atoms with E-state index in [1.54, 1.807) is 31.2 Å². The summed E-state index contributed by atoms with van der Waals surface area (Å²) in [4.78, 5) is 15.7. The van der Waals surface area contributed by atoms with E-state index in [0.717, 1.165) is 11.4 Å². The Morgan fingerprint density at radius 3 is 2.17 bits per heavy atom. The van der Waals surface area contributed by atoms with E-state index < -0.39 is 15.9 Å². The molecular weight excluding hydrogens is 534 g/mol. The largest absolute Gasteiger partial charge is 0.492 e. The van der Waals surface area contributed by atoms with E-state index in [-0.39, 0.29) is 23.0 Å². The Hall–Kier alpha value is -3.83. The molecule has 214 valence electrons. The minimum Gasteiger partial charge on any atom is -0.492 e. The Balaban J connectivity index is 1.38. The molecule has 3 aromatic carbocycles. The van der Waals surface area contributed by atoms with Crippen molar-refractivity contribution in [3.63, 3.8) is 0 Å². The first-order chi connectivity index (χ1) is 19.7. The van der Waals surface area contributed by atoms with Crippen LogP contribution in [-0.4, -0.2) is 33.7 Å². The Labute approximate surface area is 243 Å². The molecule has 0 saturated heterocycles. The van der Waals surface area contributed by atoms with Crippen LogP contribution in [0, 0.1) is 11.3 Å². The monoisotopic (exact) mass is 571 g/mol. The standard InChI is InChI=1S/C33H37N3O4S/c1-4-40-32-21-25(33(37)35-30(16-17-34)24-10-13-29(14-11-24)41(38,39)5-2)12-15-31(32)36(3)28-19-26(22-6-7-22)18-27(20-28)23-8-9-23/h10-15,18-23,30H,4-9,16H2,1-3H3,(H,35,37)/t30-/m0/s1. The molecule has 0 heterocycles. The molecule has 5 rings (SSSR count). The van der Waals surface area contributed by atoms with Crippen LogP contribution in [0.1, 0.15) is 90.9 Å². The minimum absolute atomic E-state index is 0.00564. The summed E-state index contributed by atoms with van der Waals surface area (Å²) in [6.07, 6.45) is 5.05. The second-order valence-electron chi connectivity index (χ2n) is 10.9. The van der Waals surface area contributed by atoms with E-state index in [0.29, 0.717) is 35.3 Å². The van der Waals surface area contributed by atoms with Gasteiger partial charge in [0.1, 0.15) is 5.75 Å². The summed E-state index contributed by atoms with van der Waals surface area (Å²) in [7, 11) is -1.30. The molecule has 0 aromatic heterocycles. The fourth-order valence-electron chi connectivity index (χ4n) is 5.16. The van der Waals surface area contributed by atoms with E-state index >= 15 is 0 Å². The highest BCUT2D eigenvalue weighted by Crippen LogP contribution is 2.47. The highest BCUT2D eigenvalue weighted by atomic mass is 32.2. The van der Waals surface area contributed by atoms with Gasteiger partial charge in [0, 0.05) is 18.3 Å². The minimum atomic E-state index is -3.34. The lowest BCUT2D eigenvalue weighted by molar-refractivity contribution is 0.0937. The van der Waals surface area contributed by atoms with Gasteiger partial charge in [-0.25, -0.2) is 8.42 Å². The van der Waals surface area contributed by atoms with Crippen LogP contribution >= 0.6 is 0 Å². The number of nitrogens with one attached hydrogen (secondary N) is 1. The van der Waals surface area contributed by atoms with Gasteiger partial charge in [0.05, 0.1) is 41.5 Å². The second kappa shape index (κ2) is 12.0. The highest BCUT2D eigenvalue weighted by molar-refractivity contribution is 7.91. The van der Waals surface area contributed by atoms with Crippen LogP contribution < -0.4 is 15.0 Å².